The van der Waals surface area contributed by atoms with E-state index in [1.54, 1.807) is 0 Å². The maximum Gasteiger partial charge on any atom is 0.128 e. The average molecular weight is 267 g/mol. The van der Waals surface area contributed by atoms with E-state index in [0.717, 1.165) is 10.3 Å². The molecule has 1 aromatic rings. The third kappa shape index (κ3) is 1.67. The number of anilines is 1. The van der Waals surface area contributed by atoms with E-state index in [2.05, 4.69) is 37.9 Å². The minimum absolute atomic E-state index is 0.661. The lowest BCUT2D eigenvalue weighted by atomic mass is 9.78. The van der Waals surface area contributed by atoms with E-state index in [0.29, 0.717) is 5.41 Å². The lowest BCUT2D eigenvalue weighted by Crippen LogP contribution is -2.55. The highest BCUT2D eigenvalue weighted by Gasteiger charge is 2.44. The molecule has 0 atom stereocenters. The zero-order valence-electron chi connectivity index (χ0n) is 8.75. The van der Waals surface area contributed by atoms with Gasteiger partial charge in [-0.1, -0.05) is 12.8 Å². The molecule has 1 saturated heterocycles. The highest BCUT2D eigenvalue weighted by Crippen LogP contribution is 2.46. The van der Waals surface area contributed by atoms with Crippen molar-refractivity contribution in [3.63, 3.8) is 0 Å². The van der Waals surface area contributed by atoms with Gasteiger partial charge in [0, 0.05) is 29.2 Å². The van der Waals surface area contributed by atoms with Gasteiger partial charge in [-0.2, -0.15) is 0 Å². The molecular weight excluding hydrogens is 252 g/mol. The van der Waals surface area contributed by atoms with Gasteiger partial charge in [0.15, 0.2) is 0 Å². The minimum Gasteiger partial charge on any atom is -0.355 e. The van der Waals surface area contributed by atoms with Crippen LogP contribution in [0.5, 0.6) is 0 Å². The highest BCUT2D eigenvalue weighted by molar-refractivity contribution is 9.10. The zero-order chi connectivity index (χ0) is 10.3. The summed E-state index contributed by atoms with van der Waals surface area (Å²) in [6.07, 6.45) is 7.61. The van der Waals surface area contributed by atoms with Crippen molar-refractivity contribution < 1.29 is 0 Å². The fourth-order valence-electron chi connectivity index (χ4n) is 2.92. The van der Waals surface area contributed by atoms with Crippen molar-refractivity contribution in [2.75, 3.05) is 18.0 Å². The Kier molecular flexibility index (Phi) is 2.23. The van der Waals surface area contributed by atoms with Crippen molar-refractivity contribution in [3.8, 4) is 0 Å². The zero-order valence-corrected chi connectivity index (χ0v) is 10.3. The van der Waals surface area contributed by atoms with Crippen LogP contribution >= 0.6 is 15.9 Å². The van der Waals surface area contributed by atoms with Gasteiger partial charge in [-0.3, -0.25) is 0 Å². The number of pyridine rings is 1. The number of halogens is 1. The summed E-state index contributed by atoms with van der Waals surface area (Å²) in [6.45, 7) is 2.45. The van der Waals surface area contributed by atoms with Gasteiger partial charge in [0.1, 0.15) is 5.82 Å². The average Bonchev–Trinajstić information content (AvgIpc) is 2.66. The van der Waals surface area contributed by atoms with Gasteiger partial charge < -0.3 is 4.90 Å². The van der Waals surface area contributed by atoms with Crippen molar-refractivity contribution in [1.29, 1.82) is 0 Å². The first kappa shape index (κ1) is 9.64. The van der Waals surface area contributed by atoms with Crippen LogP contribution < -0.4 is 4.90 Å². The van der Waals surface area contributed by atoms with Gasteiger partial charge in [0.25, 0.3) is 0 Å². The second kappa shape index (κ2) is 3.48. The molecule has 80 valence electrons. The summed E-state index contributed by atoms with van der Waals surface area (Å²) >= 11 is 3.41. The first-order valence-corrected chi connectivity index (χ1v) is 6.43. The number of nitrogens with zero attached hydrogens (tertiary/aromatic N) is 2. The molecule has 3 rings (SSSR count). The Morgan fingerprint density at radius 1 is 1.20 bits per heavy atom. The molecule has 1 aromatic heterocycles. The second-order valence-electron chi connectivity index (χ2n) is 4.90. The van der Waals surface area contributed by atoms with Crippen molar-refractivity contribution >= 4 is 21.7 Å². The second-order valence-corrected chi connectivity index (χ2v) is 5.81. The highest BCUT2D eigenvalue weighted by atomic mass is 79.9. The predicted molar refractivity (Wildman–Crippen MR) is 65.1 cm³/mol. The van der Waals surface area contributed by atoms with Gasteiger partial charge >= 0.3 is 0 Å². The van der Waals surface area contributed by atoms with Gasteiger partial charge in [-0.15, -0.1) is 0 Å². The van der Waals surface area contributed by atoms with Crippen LogP contribution in [0.25, 0.3) is 0 Å². The molecule has 0 bridgehead atoms. The lowest BCUT2D eigenvalue weighted by molar-refractivity contribution is 0.220. The van der Waals surface area contributed by atoms with E-state index in [9.17, 15) is 0 Å². The van der Waals surface area contributed by atoms with Crippen molar-refractivity contribution in [2.45, 2.75) is 25.7 Å². The smallest absolute Gasteiger partial charge is 0.128 e. The quantitative estimate of drug-likeness (QED) is 0.776. The van der Waals surface area contributed by atoms with Gasteiger partial charge in [-0.05, 0) is 40.9 Å². The van der Waals surface area contributed by atoms with Crippen LogP contribution in [0.4, 0.5) is 5.82 Å². The summed E-state index contributed by atoms with van der Waals surface area (Å²) in [5.41, 5.74) is 0.661. The molecule has 0 aromatic carbocycles. The SMILES string of the molecule is Brc1ccc(N2CC3(CCCC3)C2)nc1. The third-order valence-electron chi connectivity index (χ3n) is 3.75. The Balaban J connectivity index is 1.69. The summed E-state index contributed by atoms with van der Waals surface area (Å²) in [5.74, 6) is 1.13. The molecule has 1 aliphatic heterocycles. The summed E-state index contributed by atoms with van der Waals surface area (Å²) in [7, 11) is 0. The molecular formula is C12H15BrN2. The van der Waals surface area contributed by atoms with E-state index in [-0.39, 0.29) is 0 Å². The van der Waals surface area contributed by atoms with Gasteiger partial charge in [0.05, 0.1) is 0 Å². The van der Waals surface area contributed by atoms with Gasteiger partial charge in [0.2, 0.25) is 0 Å². The lowest BCUT2D eigenvalue weighted by Gasteiger charge is -2.49. The molecule has 2 fully saturated rings. The van der Waals surface area contributed by atoms with E-state index in [4.69, 9.17) is 0 Å². The van der Waals surface area contributed by atoms with Crippen molar-refractivity contribution in [2.24, 2.45) is 5.41 Å². The third-order valence-corrected chi connectivity index (χ3v) is 4.22. The fraction of sp³-hybridized carbons (Fsp3) is 0.583. The summed E-state index contributed by atoms with van der Waals surface area (Å²) < 4.78 is 1.06. The van der Waals surface area contributed by atoms with E-state index in [1.165, 1.54) is 38.8 Å². The maximum atomic E-state index is 4.43. The first-order valence-electron chi connectivity index (χ1n) is 5.64. The Hall–Kier alpha value is -0.570. The number of aromatic nitrogens is 1. The Morgan fingerprint density at radius 3 is 2.53 bits per heavy atom. The summed E-state index contributed by atoms with van der Waals surface area (Å²) in [4.78, 5) is 6.83. The monoisotopic (exact) mass is 266 g/mol. The molecule has 0 radical (unpaired) electrons. The minimum atomic E-state index is 0.661. The summed E-state index contributed by atoms with van der Waals surface area (Å²) in [6, 6.07) is 4.17. The normalized spacial score (nSPS) is 23.1. The maximum absolute atomic E-state index is 4.43. The first-order chi connectivity index (χ1) is 7.27. The van der Waals surface area contributed by atoms with Crippen LogP contribution in [-0.2, 0) is 0 Å². The van der Waals surface area contributed by atoms with Crippen molar-refractivity contribution in [1.82, 2.24) is 4.98 Å². The molecule has 2 nitrogen and oxygen atoms in total. The van der Waals surface area contributed by atoms with E-state index in [1.807, 2.05) is 6.20 Å². The molecule has 3 heteroatoms. The van der Waals surface area contributed by atoms with Crippen molar-refractivity contribution in [3.05, 3.63) is 22.8 Å². The molecule has 1 spiro atoms. The van der Waals surface area contributed by atoms with Crippen LogP contribution in [0.3, 0.4) is 0 Å². The Bertz CT molecular complexity index is 346. The van der Waals surface area contributed by atoms with E-state index < -0.39 is 0 Å². The number of hydrogen-bond donors (Lipinski definition) is 0. The molecule has 2 aliphatic rings. The van der Waals surface area contributed by atoms with Crippen LogP contribution in [-0.4, -0.2) is 18.1 Å². The number of hydrogen-bond acceptors (Lipinski definition) is 2. The molecule has 0 amide bonds. The van der Waals surface area contributed by atoms with Gasteiger partial charge in [-0.25, -0.2) is 4.98 Å². The largest absolute Gasteiger partial charge is 0.355 e. The molecule has 0 unspecified atom stereocenters. The number of rotatable bonds is 1. The van der Waals surface area contributed by atoms with Crippen LogP contribution in [0.2, 0.25) is 0 Å². The Morgan fingerprint density at radius 2 is 1.93 bits per heavy atom. The predicted octanol–water partition coefficient (Wildman–Crippen LogP) is 3.22. The van der Waals surface area contributed by atoms with Crippen LogP contribution in [0, 0.1) is 5.41 Å². The molecule has 1 aliphatic carbocycles. The molecule has 1 saturated carbocycles. The Labute approximate surface area is 98.8 Å². The summed E-state index contributed by atoms with van der Waals surface area (Å²) in [5, 5.41) is 0. The molecule has 0 N–H and O–H groups in total. The molecule has 2 heterocycles. The van der Waals surface area contributed by atoms with Crippen LogP contribution in [0.15, 0.2) is 22.8 Å². The standard InChI is InChI=1S/C12H15BrN2/c13-10-3-4-11(14-7-10)15-8-12(9-15)5-1-2-6-12/h3-4,7H,1-2,5-6,8-9H2. The molecule has 15 heavy (non-hydrogen) atoms. The van der Waals surface area contributed by atoms with E-state index >= 15 is 0 Å². The van der Waals surface area contributed by atoms with Crippen LogP contribution in [0.1, 0.15) is 25.7 Å². The topological polar surface area (TPSA) is 16.1 Å². The fourth-order valence-corrected chi connectivity index (χ4v) is 3.16.